The average molecular weight is 492 g/mol. The van der Waals surface area contributed by atoms with Crippen LogP contribution in [0.4, 0.5) is 17.5 Å². The highest BCUT2D eigenvalue weighted by Crippen LogP contribution is 2.30. The normalized spacial score (nSPS) is 17.5. The van der Waals surface area contributed by atoms with Crippen LogP contribution in [0.15, 0.2) is 48.7 Å². The Labute approximate surface area is 210 Å². The van der Waals surface area contributed by atoms with E-state index in [0.717, 1.165) is 53.5 Å². The van der Waals surface area contributed by atoms with Crippen LogP contribution >= 0.6 is 0 Å². The van der Waals surface area contributed by atoms with E-state index in [1.807, 2.05) is 49.4 Å². The van der Waals surface area contributed by atoms with Crippen molar-refractivity contribution in [1.29, 1.82) is 0 Å². The van der Waals surface area contributed by atoms with E-state index in [1.165, 1.54) is 6.20 Å². The highest BCUT2D eigenvalue weighted by molar-refractivity contribution is 5.69. The minimum absolute atomic E-state index is 0.00803. The predicted octanol–water partition coefficient (Wildman–Crippen LogP) is 4.68. The summed E-state index contributed by atoms with van der Waals surface area (Å²) in [6.45, 7) is 3.33. The van der Waals surface area contributed by atoms with Gasteiger partial charge in [-0.25, -0.2) is 4.98 Å². The summed E-state index contributed by atoms with van der Waals surface area (Å²) in [5.41, 5.74) is 4.97. The van der Waals surface area contributed by atoms with E-state index in [2.05, 4.69) is 20.6 Å². The lowest BCUT2D eigenvalue weighted by atomic mass is 9.82. The Kier molecular flexibility index (Phi) is 8.45. The van der Waals surface area contributed by atoms with E-state index in [0.29, 0.717) is 30.9 Å². The summed E-state index contributed by atoms with van der Waals surface area (Å²) in [7, 11) is 0. The van der Waals surface area contributed by atoms with E-state index in [-0.39, 0.29) is 24.7 Å². The highest BCUT2D eigenvalue weighted by atomic mass is 16.6. The molecule has 4 rings (SSSR count). The molecule has 190 valence electrons. The molecule has 1 aliphatic carbocycles. The first-order chi connectivity index (χ1) is 17.5. The van der Waals surface area contributed by atoms with E-state index in [1.54, 1.807) is 0 Å². The first-order valence-corrected chi connectivity index (χ1v) is 12.4. The van der Waals surface area contributed by atoms with Gasteiger partial charge in [-0.05, 0) is 78.3 Å². The molecule has 0 atom stereocenters. The summed E-state index contributed by atoms with van der Waals surface area (Å²) < 4.78 is 0. The molecule has 9 heteroatoms. The summed E-state index contributed by atoms with van der Waals surface area (Å²) in [6.07, 6.45) is 5.16. The Morgan fingerprint density at radius 2 is 1.81 bits per heavy atom. The van der Waals surface area contributed by atoms with Crippen LogP contribution in [0, 0.1) is 28.9 Å². The third-order valence-corrected chi connectivity index (χ3v) is 7.05. The molecule has 0 amide bonds. The van der Waals surface area contributed by atoms with Gasteiger partial charge in [0.1, 0.15) is 6.20 Å². The van der Waals surface area contributed by atoms with E-state index in [4.69, 9.17) is 0 Å². The maximum Gasteiger partial charge on any atom is 0.329 e. The van der Waals surface area contributed by atoms with Gasteiger partial charge in [-0.2, -0.15) is 4.98 Å². The van der Waals surface area contributed by atoms with Crippen molar-refractivity contribution >= 4 is 17.5 Å². The molecule has 1 heterocycles. The fourth-order valence-electron chi connectivity index (χ4n) is 4.78. The van der Waals surface area contributed by atoms with Crippen LogP contribution in [0.5, 0.6) is 0 Å². The van der Waals surface area contributed by atoms with Gasteiger partial charge in [0.05, 0.1) is 11.5 Å². The minimum Gasteiger partial charge on any atom is -0.396 e. The van der Waals surface area contributed by atoms with Crippen LogP contribution in [-0.2, 0) is 13.2 Å². The Morgan fingerprint density at radius 3 is 2.53 bits per heavy atom. The number of anilines is 2. The maximum absolute atomic E-state index is 11.5. The topological polar surface area (TPSA) is 133 Å². The molecule has 0 saturated heterocycles. The molecule has 0 radical (unpaired) electrons. The molecule has 3 aromatic rings. The van der Waals surface area contributed by atoms with Gasteiger partial charge in [-0.3, -0.25) is 10.1 Å². The van der Waals surface area contributed by atoms with Crippen molar-refractivity contribution in [2.45, 2.75) is 45.8 Å². The standard InChI is InChI=1S/C27H33N5O4/c1-18-23(6-3-7-24(18)22-5-2-4-21(12-22)17-34)14-29-27-30-15-25(32(35)36)26(31-27)28-13-19-8-10-20(16-33)11-9-19/h2-7,12,15,19-20,33-34H,8-11,13-14,16-17H2,1H3,(H2,28,29,30,31)/t19-,20-. The van der Waals surface area contributed by atoms with Crippen LogP contribution in [0.1, 0.15) is 42.4 Å². The lowest BCUT2D eigenvalue weighted by Gasteiger charge is -2.27. The zero-order chi connectivity index (χ0) is 25.5. The molecule has 1 aliphatic rings. The fraction of sp³-hybridized carbons (Fsp3) is 0.407. The minimum atomic E-state index is -0.469. The maximum atomic E-state index is 11.5. The SMILES string of the molecule is Cc1c(CNc2ncc([N+](=O)[O-])c(NC[C@H]3CC[C@H](CO)CC3)n2)cccc1-c1cccc(CO)c1. The third-order valence-electron chi connectivity index (χ3n) is 7.05. The summed E-state index contributed by atoms with van der Waals surface area (Å²) in [5.74, 6) is 1.30. The van der Waals surface area contributed by atoms with Crippen molar-refractivity contribution in [2.75, 3.05) is 23.8 Å². The van der Waals surface area contributed by atoms with Crippen molar-refractivity contribution in [3.05, 3.63) is 75.5 Å². The largest absolute Gasteiger partial charge is 0.396 e. The van der Waals surface area contributed by atoms with E-state index < -0.39 is 4.92 Å². The first kappa shape index (κ1) is 25.5. The number of rotatable bonds is 10. The molecular formula is C27H33N5O4. The highest BCUT2D eigenvalue weighted by Gasteiger charge is 2.23. The Hall–Kier alpha value is -3.56. The van der Waals surface area contributed by atoms with Gasteiger partial charge >= 0.3 is 5.69 Å². The number of nitrogens with zero attached hydrogens (tertiary/aromatic N) is 3. The quantitative estimate of drug-likeness (QED) is 0.237. The van der Waals surface area contributed by atoms with E-state index >= 15 is 0 Å². The Morgan fingerprint density at radius 1 is 1.06 bits per heavy atom. The zero-order valence-corrected chi connectivity index (χ0v) is 20.5. The number of nitro groups is 1. The molecule has 0 unspecified atom stereocenters. The van der Waals surface area contributed by atoms with Gasteiger partial charge in [0.25, 0.3) is 0 Å². The van der Waals surface area contributed by atoms with Gasteiger partial charge in [0, 0.05) is 19.7 Å². The van der Waals surface area contributed by atoms with Gasteiger partial charge in [0.15, 0.2) is 0 Å². The molecular weight excluding hydrogens is 458 g/mol. The lowest BCUT2D eigenvalue weighted by Crippen LogP contribution is -2.23. The number of aromatic nitrogens is 2. The molecule has 4 N–H and O–H groups in total. The van der Waals surface area contributed by atoms with Crippen molar-refractivity contribution in [1.82, 2.24) is 9.97 Å². The predicted molar refractivity (Wildman–Crippen MR) is 140 cm³/mol. The van der Waals surface area contributed by atoms with Gasteiger partial charge in [-0.15, -0.1) is 0 Å². The van der Waals surface area contributed by atoms with Crippen LogP contribution in [0.3, 0.4) is 0 Å². The molecule has 1 aromatic heterocycles. The second-order valence-electron chi connectivity index (χ2n) is 9.44. The Bertz CT molecular complexity index is 1190. The fourth-order valence-corrected chi connectivity index (χ4v) is 4.78. The molecule has 9 nitrogen and oxygen atoms in total. The second kappa shape index (κ2) is 11.9. The zero-order valence-electron chi connectivity index (χ0n) is 20.5. The monoisotopic (exact) mass is 491 g/mol. The van der Waals surface area contributed by atoms with Gasteiger partial charge in [0.2, 0.25) is 11.8 Å². The molecule has 0 bridgehead atoms. The van der Waals surface area contributed by atoms with Crippen LogP contribution in [0.2, 0.25) is 0 Å². The van der Waals surface area contributed by atoms with Crippen LogP contribution < -0.4 is 10.6 Å². The number of nitrogens with one attached hydrogen (secondary N) is 2. The molecule has 0 spiro atoms. The molecule has 36 heavy (non-hydrogen) atoms. The number of hydrogen-bond donors (Lipinski definition) is 4. The number of aliphatic hydroxyl groups is 2. The summed E-state index contributed by atoms with van der Waals surface area (Å²) in [5, 5.41) is 36.7. The average Bonchev–Trinajstić information content (AvgIpc) is 2.91. The van der Waals surface area contributed by atoms with Gasteiger partial charge in [-0.1, -0.05) is 36.4 Å². The van der Waals surface area contributed by atoms with Crippen molar-refractivity contribution in [3.63, 3.8) is 0 Å². The van der Waals surface area contributed by atoms with Crippen molar-refractivity contribution in [2.24, 2.45) is 11.8 Å². The smallest absolute Gasteiger partial charge is 0.329 e. The summed E-state index contributed by atoms with van der Waals surface area (Å²) >= 11 is 0. The third kappa shape index (κ3) is 6.16. The number of benzene rings is 2. The van der Waals surface area contributed by atoms with Crippen molar-refractivity contribution in [3.8, 4) is 11.1 Å². The molecule has 2 aromatic carbocycles. The summed E-state index contributed by atoms with van der Waals surface area (Å²) in [6, 6.07) is 13.9. The Balaban J connectivity index is 1.45. The van der Waals surface area contributed by atoms with Crippen molar-refractivity contribution < 1.29 is 15.1 Å². The number of hydrogen-bond acceptors (Lipinski definition) is 8. The summed E-state index contributed by atoms with van der Waals surface area (Å²) in [4.78, 5) is 19.6. The van der Waals surface area contributed by atoms with Crippen LogP contribution in [-0.4, -0.2) is 38.3 Å². The second-order valence-corrected chi connectivity index (χ2v) is 9.44. The van der Waals surface area contributed by atoms with Crippen LogP contribution in [0.25, 0.3) is 11.1 Å². The molecule has 1 saturated carbocycles. The molecule has 1 fully saturated rings. The number of aliphatic hydroxyl groups excluding tert-OH is 2. The first-order valence-electron chi connectivity index (χ1n) is 12.4. The molecule has 0 aliphatic heterocycles. The lowest BCUT2D eigenvalue weighted by molar-refractivity contribution is -0.384. The van der Waals surface area contributed by atoms with Gasteiger partial charge < -0.3 is 20.8 Å². The van der Waals surface area contributed by atoms with E-state index in [9.17, 15) is 20.3 Å².